The van der Waals surface area contributed by atoms with E-state index in [9.17, 15) is 9.59 Å². The van der Waals surface area contributed by atoms with E-state index in [2.05, 4.69) is 17.4 Å². The normalized spacial score (nSPS) is 21.6. The molecule has 0 aromatic heterocycles. The third-order valence-corrected chi connectivity index (χ3v) is 5.96. The molecule has 0 unspecified atom stereocenters. The van der Waals surface area contributed by atoms with Crippen molar-refractivity contribution in [1.29, 1.82) is 0 Å². The highest BCUT2D eigenvalue weighted by molar-refractivity contribution is 6.30. The largest absolute Gasteiger partial charge is 0.466 e. The summed E-state index contributed by atoms with van der Waals surface area (Å²) < 4.78 is 5.04. The zero-order valence-corrected chi connectivity index (χ0v) is 17.1. The molecule has 2 atom stereocenters. The third kappa shape index (κ3) is 3.60. The summed E-state index contributed by atoms with van der Waals surface area (Å²) in [5.41, 5.74) is 4.75. The van der Waals surface area contributed by atoms with Gasteiger partial charge in [-0.15, -0.1) is 0 Å². The highest BCUT2D eigenvalue weighted by Gasteiger charge is 2.41. The molecule has 2 aromatic carbocycles. The number of hydrogen-bond donors (Lipinski definition) is 1. The van der Waals surface area contributed by atoms with Crippen molar-refractivity contribution in [3.63, 3.8) is 0 Å². The predicted molar refractivity (Wildman–Crippen MR) is 112 cm³/mol. The number of nitrogens with one attached hydrogen (secondary N) is 1. The van der Waals surface area contributed by atoms with Crippen LogP contribution >= 0.6 is 11.6 Å². The van der Waals surface area contributed by atoms with Gasteiger partial charge in [0.15, 0.2) is 5.78 Å². The summed E-state index contributed by atoms with van der Waals surface area (Å²) in [5.74, 6) is -0.713. The lowest BCUT2D eigenvalue weighted by molar-refractivity contribution is -0.136. The Balaban J connectivity index is 1.81. The fourth-order valence-corrected chi connectivity index (χ4v) is 4.50. The molecule has 0 amide bonds. The van der Waals surface area contributed by atoms with Crippen LogP contribution in [0.2, 0.25) is 5.02 Å². The number of ketones is 1. The van der Waals surface area contributed by atoms with Crippen molar-refractivity contribution in [3.05, 3.63) is 93.3 Å². The van der Waals surface area contributed by atoms with Gasteiger partial charge in [-0.3, -0.25) is 4.79 Å². The highest BCUT2D eigenvalue weighted by atomic mass is 35.5. The molecule has 1 heterocycles. The topological polar surface area (TPSA) is 55.4 Å². The van der Waals surface area contributed by atoms with Crippen molar-refractivity contribution in [2.24, 2.45) is 0 Å². The number of dihydropyridines is 1. The number of ether oxygens (including phenoxy) is 1. The Morgan fingerprint density at radius 1 is 1.03 bits per heavy atom. The molecule has 2 aliphatic rings. The fraction of sp³-hybridized carbons (Fsp3) is 0.250. The van der Waals surface area contributed by atoms with Gasteiger partial charge in [0.05, 0.1) is 12.7 Å². The molecule has 0 saturated heterocycles. The molecule has 0 bridgehead atoms. The second-order valence-electron chi connectivity index (χ2n) is 7.47. The summed E-state index contributed by atoms with van der Waals surface area (Å²) >= 11 is 6.06. The van der Waals surface area contributed by atoms with E-state index in [-0.39, 0.29) is 11.7 Å². The van der Waals surface area contributed by atoms with Crippen LogP contribution in [0.1, 0.15) is 42.7 Å². The van der Waals surface area contributed by atoms with Crippen LogP contribution in [0, 0.1) is 0 Å². The molecule has 0 spiro atoms. The van der Waals surface area contributed by atoms with Crippen LogP contribution in [0.3, 0.4) is 0 Å². The van der Waals surface area contributed by atoms with E-state index in [4.69, 9.17) is 16.3 Å². The number of halogens is 1. The first kappa shape index (κ1) is 19.5. The first-order valence-electron chi connectivity index (χ1n) is 9.62. The van der Waals surface area contributed by atoms with Crippen LogP contribution in [-0.4, -0.2) is 18.9 Å². The summed E-state index contributed by atoms with van der Waals surface area (Å²) in [5, 5.41) is 3.94. The van der Waals surface area contributed by atoms with E-state index >= 15 is 0 Å². The molecule has 1 N–H and O–H groups in total. The molecule has 2 aromatic rings. The van der Waals surface area contributed by atoms with Gasteiger partial charge in [0.2, 0.25) is 0 Å². The molecular formula is C24H22ClNO3. The first-order chi connectivity index (χ1) is 14.0. The summed E-state index contributed by atoms with van der Waals surface area (Å²) in [6.07, 6.45) is 1.14. The van der Waals surface area contributed by atoms with Crippen LogP contribution in [-0.2, 0) is 14.3 Å². The minimum Gasteiger partial charge on any atom is -0.466 e. The van der Waals surface area contributed by atoms with E-state index in [1.54, 1.807) is 12.1 Å². The Bertz CT molecular complexity index is 1020. The van der Waals surface area contributed by atoms with E-state index in [0.717, 1.165) is 28.9 Å². The molecule has 1 aliphatic carbocycles. The molecule has 4 rings (SSSR count). The number of carbonyl (C=O) groups is 2. The lowest BCUT2D eigenvalue weighted by Gasteiger charge is -2.36. The van der Waals surface area contributed by atoms with Gasteiger partial charge in [0, 0.05) is 34.3 Å². The van der Waals surface area contributed by atoms with Gasteiger partial charge in [-0.2, -0.15) is 0 Å². The van der Waals surface area contributed by atoms with Gasteiger partial charge < -0.3 is 10.1 Å². The standard InChI is InChI=1S/C24H22ClNO3/c1-14-21(24(28)29-2)22(16-8-10-18(25)11-9-16)23-19(26-14)12-17(13-20(23)27)15-6-4-3-5-7-15/h3-11,17,22,26H,12-13H2,1-2H3/t17-,22-/m1/s1. The van der Waals surface area contributed by atoms with Gasteiger partial charge in [0.25, 0.3) is 0 Å². The van der Waals surface area contributed by atoms with E-state index in [0.29, 0.717) is 22.6 Å². The second-order valence-corrected chi connectivity index (χ2v) is 7.91. The lowest BCUT2D eigenvalue weighted by atomic mass is 9.72. The van der Waals surface area contributed by atoms with E-state index in [1.165, 1.54) is 7.11 Å². The Labute approximate surface area is 175 Å². The lowest BCUT2D eigenvalue weighted by Crippen LogP contribution is -2.36. The molecule has 4 nitrogen and oxygen atoms in total. The summed E-state index contributed by atoms with van der Waals surface area (Å²) in [6.45, 7) is 1.86. The number of allylic oxidation sites excluding steroid dienone is 3. The average molecular weight is 408 g/mol. The van der Waals surface area contributed by atoms with Crippen LogP contribution in [0.4, 0.5) is 0 Å². The SMILES string of the molecule is COC(=O)C1=C(C)NC2=C(C(=O)C[C@H](c3ccccc3)C2)[C@@H]1c1ccc(Cl)cc1. The smallest absolute Gasteiger partial charge is 0.336 e. The Morgan fingerprint density at radius 3 is 2.38 bits per heavy atom. The van der Waals surface area contributed by atoms with Gasteiger partial charge in [-0.25, -0.2) is 4.79 Å². The van der Waals surface area contributed by atoms with Crippen LogP contribution in [0.25, 0.3) is 0 Å². The molecule has 1 aliphatic heterocycles. The monoisotopic (exact) mass is 407 g/mol. The first-order valence-corrected chi connectivity index (χ1v) is 10.00. The Kier molecular flexibility index (Phi) is 5.29. The summed E-state index contributed by atoms with van der Waals surface area (Å²) in [4.78, 5) is 25.9. The van der Waals surface area contributed by atoms with Crippen molar-refractivity contribution >= 4 is 23.4 Å². The number of carbonyl (C=O) groups excluding carboxylic acids is 2. The zero-order valence-electron chi connectivity index (χ0n) is 16.4. The summed E-state index contributed by atoms with van der Waals surface area (Å²) in [6, 6.07) is 17.4. The molecule has 0 radical (unpaired) electrons. The Hall–Kier alpha value is -2.85. The second kappa shape index (κ2) is 7.88. The number of methoxy groups -OCH3 is 1. The number of Topliss-reactive ketones (excluding diaryl/α,β-unsaturated/α-hetero) is 1. The molecule has 0 fully saturated rings. The molecule has 0 saturated carbocycles. The molecule has 5 heteroatoms. The highest BCUT2D eigenvalue weighted by Crippen LogP contribution is 2.45. The van der Waals surface area contributed by atoms with Crippen molar-refractivity contribution in [3.8, 4) is 0 Å². The Morgan fingerprint density at radius 2 is 1.72 bits per heavy atom. The fourth-order valence-electron chi connectivity index (χ4n) is 4.37. The maximum atomic E-state index is 13.3. The third-order valence-electron chi connectivity index (χ3n) is 5.71. The number of rotatable bonds is 3. The zero-order chi connectivity index (χ0) is 20.5. The predicted octanol–water partition coefficient (Wildman–Crippen LogP) is 4.87. The quantitative estimate of drug-likeness (QED) is 0.737. The van der Waals surface area contributed by atoms with Gasteiger partial charge in [0.1, 0.15) is 0 Å². The molecular weight excluding hydrogens is 386 g/mol. The number of benzene rings is 2. The summed E-state index contributed by atoms with van der Waals surface area (Å²) in [7, 11) is 1.36. The van der Waals surface area contributed by atoms with Gasteiger partial charge in [-0.1, -0.05) is 54.1 Å². The van der Waals surface area contributed by atoms with Crippen LogP contribution < -0.4 is 5.32 Å². The van der Waals surface area contributed by atoms with Crippen molar-refractivity contribution < 1.29 is 14.3 Å². The van der Waals surface area contributed by atoms with E-state index in [1.807, 2.05) is 37.3 Å². The van der Waals surface area contributed by atoms with Crippen LogP contribution in [0.5, 0.6) is 0 Å². The average Bonchev–Trinajstić information content (AvgIpc) is 2.73. The minimum absolute atomic E-state index is 0.0569. The maximum absolute atomic E-state index is 13.3. The van der Waals surface area contributed by atoms with Crippen LogP contribution in [0.15, 0.2) is 77.1 Å². The minimum atomic E-state index is -0.458. The van der Waals surface area contributed by atoms with Gasteiger partial charge >= 0.3 is 5.97 Å². The number of esters is 1. The van der Waals surface area contributed by atoms with Crippen molar-refractivity contribution in [1.82, 2.24) is 5.32 Å². The van der Waals surface area contributed by atoms with Crippen molar-refractivity contribution in [2.75, 3.05) is 7.11 Å². The maximum Gasteiger partial charge on any atom is 0.336 e. The molecule has 29 heavy (non-hydrogen) atoms. The van der Waals surface area contributed by atoms with Gasteiger partial charge in [-0.05, 0) is 42.5 Å². The number of hydrogen-bond acceptors (Lipinski definition) is 4. The van der Waals surface area contributed by atoms with Crippen molar-refractivity contribution in [2.45, 2.75) is 31.6 Å². The van der Waals surface area contributed by atoms with E-state index < -0.39 is 11.9 Å². The molecule has 148 valence electrons.